The highest BCUT2D eigenvalue weighted by atomic mass is 16.5. The van der Waals surface area contributed by atoms with Gasteiger partial charge in [0, 0.05) is 24.8 Å². The van der Waals surface area contributed by atoms with Crippen LogP contribution in [0.1, 0.15) is 30.0 Å². The molecule has 6 nitrogen and oxygen atoms in total. The van der Waals surface area contributed by atoms with Gasteiger partial charge in [-0.3, -0.25) is 4.79 Å². The normalized spacial score (nSPS) is 11.4. The smallest absolute Gasteiger partial charge is 0.274 e. The average molecular weight is 317 g/mol. The lowest BCUT2D eigenvalue weighted by atomic mass is 10.1. The van der Waals surface area contributed by atoms with Gasteiger partial charge in [-0.25, -0.2) is 4.98 Å². The van der Waals surface area contributed by atoms with Crippen molar-refractivity contribution in [2.24, 2.45) is 0 Å². The Bertz CT molecular complexity index is 701. The maximum Gasteiger partial charge on any atom is 0.274 e. The summed E-state index contributed by atoms with van der Waals surface area (Å²) in [6.45, 7) is 5.36. The van der Waals surface area contributed by atoms with Gasteiger partial charge < -0.3 is 19.7 Å². The number of carbonyl (C=O) groups is 1. The van der Waals surface area contributed by atoms with E-state index in [1.807, 2.05) is 31.2 Å². The summed E-state index contributed by atoms with van der Waals surface area (Å²) in [5, 5.41) is 9.86. The Morgan fingerprint density at radius 2 is 2.13 bits per heavy atom. The van der Waals surface area contributed by atoms with Crippen molar-refractivity contribution in [3.05, 3.63) is 35.7 Å². The minimum absolute atomic E-state index is 0.227. The third-order valence-electron chi connectivity index (χ3n) is 3.40. The van der Waals surface area contributed by atoms with Crippen LogP contribution in [0.2, 0.25) is 0 Å². The maximum atomic E-state index is 12.5. The lowest BCUT2D eigenvalue weighted by molar-refractivity contribution is 0.0364. The molecule has 1 aromatic carbocycles. The molecule has 2 rings (SSSR count). The Morgan fingerprint density at radius 1 is 1.43 bits per heavy atom. The number of nitrogens with one attached hydrogen (secondary N) is 1. The standard InChI is InChI=1S/C17H23N3O3/c1-11-14(16(21)20(4)10-17(2,3)22)19-15(18-11)12-7-6-8-13(9-12)23-5/h6-9,22H,10H2,1-5H3,(H,18,19). The van der Waals surface area contributed by atoms with Gasteiger partial charge in [0.25, 0.3) is 5.91 Å². The van der Waals surface area contributed by atoms with Crippen molar-refractivity contribution in [2.45, 2.75) is 26.4 Å². The molecule has 0 aliphatic heterocycles. The summed E-state index contributed by atoms with van der Waals surface area (Å²) in [5.41, 5.74) is 0.936. The molecule has 0 aliphatic rings. The van der Waals surface area contributed by atoms with Gasteiger partial charge >= 0.3 is 0 Å². The Labute approximate surface area is 136 Å². The van der Waals surface area contributed by atoms with Crippen LogP contribution in [0.25, 0.3) is 11.4 Å². The van der Waals surface area contributed by atoms with Crippen molar-refractivity contribution >= 4 is 5.91 Å². The Morgan fingerprint density at radius 3 is 2.74 bits per heavy atom. The summed E-state index contributed by atoms with van der Waals surface area (Å²) in [5.74, 6) is 1.11. The summed E-state index contributed by atoms with van der Waals surface area (Å²) in [4.78, 5) is 21.5. The van der Waals surface area contributed by atoms with Crippen molar-refractivity contribution < 1.29 is 14.6 Å². The van der Waals surface area contributed by atoms with Gasteiger partial charge in [-0.15, -0.1) is 0 Å². The van der Waals surface area contributed by atoms with E-state index in [9.17, 15) is 9.90 Å². The number of aliphatic hydroxyl groups is 1. The zero-order chi connectivity index (χ0) is 17.2. The number of nitrogens with zero attached hydrogens (tertiary/aromatic N) is 2. The van der Waals surface area contributed by atoms with Crippen LogP contribution in [0.15, 0.2) is 24.3 Å². The number of carbonyl (C=O) groups excluding carboxylic acids is 1. The van der Waals surface area contributed by atoms with E-state index in [1.165, 1.54) is 4.90 Å². The van der Waals surface area contributed by atoms with Crippen molar-refractivity contribution in [1.82, 2.24) is 14.9 Å². The molecule has 0 unspecified atom stereocenters. The molecule has 0 atom stereocenters. The zero-order valence-electron chi connectivity index (χ0n) is 14.2. The molecular weight excluding hydrogens is 294 g/mol. The Hall–Kier alpha value is -2.34. The van der Waals surface area contributed by atoms with Crippen molar-refractivity contribution in [2.75, 3.05) is 20.7 Å². The molecule has 0 bridgehead atoms. The zero-order valence-corrected chi connectivity index (χ0v) is 14.2. The fraction of sp³-hybridized carbons (Fsp3) is 0.412. The number of hydrogen-bond donors (Lipinski definition) is 2. The van der Waals surface area contributed by atoms with E-state index in [0.717, 1.165) is 11.3 Å². The van der Waals surface area contributed by atoms with E-state index in [4.69, 9.17) is 4.74 Å². The lowest BCUT2D eigenvalue weighted by Gasteiger charge is -2.25. The first-order chi connectivity index (χ1) is 10.7. The number of aromatic nitrogens is 2. The number of hydrogen-bond acceptors (Lipinski definition) is 4. The number of aromatic amines is 1. The molecule has 1 amide bonds. The van der Waals surface area contributed by atoms with Gasteiger partial charge in [0.05, 0.1) is 12.7 Å². The molecule has 2 N–H and O–H groups in total. The van der Waals surface area contributed by atoms with Gasteiger partial charge in [0.15, 0.2) is 0 Å². The van der Waals surface area contributed by atoms with Crippen molar-refractivity contribution in [3.63, 3.8) is 0 Å². The first-order valence-electron chi connectivity index (χ1n) is 7.40. The lowest BCUT2D eigenvalue weighted by Crippen LogP contribution is -2.40. The third kappa shape index (κ3) is 4.10. The first kappa shape index (κ1) is 17.0. The largest absolute Gasteiger partial charge is 0.497 e. The quantitative estimate of drug-likeness (QED) is 0.886. The van der Waals surface area contributed by atoms with Crippen LogP contribution in [-0.2, 0) is 0 Å². The molecule has 124 valence electrons. The Kier molecular flexibility index (Phi) is 4.75. The summed E-state index contributed by atoms with van der Waals surface area (Å²) in [7, 11) is 3.26. The van der Waals surface area contributed by atoms with Crippen LogP contribution in [0.5, 0.6) is 5.75 Å². The summed E-state index contributed by atoms with van der Waals surface area (Å²) < 4.78 is 5.21. The fourth-order valence-electron chi connectivity index (χ4n) is 2.41. The highest BCUT2D eigenvalue weighted by molar-refractivity contribution is 5.94. The van der Waals surface area contributed by atoms with E-state index in [2.05, 4.69) is 9.97 Å². The van der Waals surface area contributed by atoms with E-state index >= 15 is 0 Å². The first-order valence-corrected chi connectivity index (χ1v) is 7.40. The topological polar surface area (TPSA) is 78.4 Å². The average Bonchev–Trinajstić information content (AvgIpc) is 2.86. The van der Waals surface area contributed by atoms with Crippen LogP contribution in [0, 0.1) is 6.92 Å². The van der Waals surface area contributed by atoms with Gasteiger partial charge in [0.2, 0.25) is 0 Å². The van der Waals surface area contributed by atoms with Crippen molar-refractivity contribution in [3.8, 4) is 17.1 Å². The van der Waals surface area contributed by atoms with E-state index in [-0.39, 0.29) is 12.5 Å². The number of imidazole rings is 1. The predicted octanol–water partition coefficient (Wildman–Crippen LogP) is 2.24. The monoisotopic (exact) mass is 317 g/mol. The van der Waals surface area contributed by atoms with Gasteiger partial charge in [0.1, 0.15) is 17.3 Å². The van der Waals surface area contributed by atoms with E-state index in [0.29, 0.717) is 17.2 Å². The van der Waals surface area contributed by atoms with Gasteiger partial charge in [-0.2, -0.15) is 0 Å². The third-order valence-corrected chi connectivity index (χ3v) is 3.40. The second kappa shape index (κ2) is 6.42. The van der Waals surface area contributed by atoms with Gasteiger partial charge in [-0.05, 0) is 32.9 Å². The molecule has 0 aliphatic carbocycles. The molecule has 0 radical (unpaired) electrons. The summed E-state index contributed by atoms with van der Waals surface area (Å²) in [6, 6.07) is 7.47. The van der Waals surface area contributed by atoms with E-state index < -0.39 is 5.60 Å². The molecular formula is C17H23N3O3. The number of methoxy groups -OCH3 is 1. The fourth-order valence-corrected chi connectivity index (χ4v) is 2.41. The molecule has 0 fully saturated rings. The summed E-state index contributed by atoms with van der Waals surface area (Å²) in [6.07, 6.45) is 0. The number of likely N-dealkylation sites (N-methyl/N-ethyl adjacent to an activating group) is 1. The molecule has 2 aromatic rings. The van der Waals surface area contributed by atoms with E-state index in [1.54, 1.807) is 28.0 Å². The predicted molar refractivity (Wildman–Crippen MR) is 88.6 cm³/mol. The van der Waals surface area contributed by atoms with Gasteiger partial charge in [-0.1, -0.05) is 12.1 Å². The van der Waals surface area contributed by atoms with Crippen molar-refractivity contribution in [1.29, 1.82) is 0 Å². The molecule has 1 heterocycles. The van der Waals surface area contributed by atoms with Crippen LogP contribution in [0.3, 0.4) is 0 Å². The van der Waals surface area contributed by atoms with Crippen LogP contribution < -0.4 is 4.74 Å². The number of amides is 1. The number of H-pyrrole nitrogens is 1. The second-order valence-electron chi connectivity index (χ2n) is 6.26. The molecule has 0 spiro atoms. The molecule has 0 saturated heterocycles. The molecule has 23 heavy (non-hydrogen) atoms. The molecule has 6 heteroatoms. The van der Waals surface area contributed by atoms with Crippen LogP contribution in [0.4, 0.5) is 0 Å². The molecule has 1 aromatic heterocycles. The second-order valence-corrected chi connectivity index (χ2v) is 6.26. The number of aryl methyl sites for hydroxylation is 1. The number of ether oxygens (including phenoxy) is 1. The van der Waals surface area contributed by atoms with Crippen LogP contribution >= 0.6 is 0 Å². The van der Waals surface area contributed by atoms with Crippen LogP contribution in [-0.4, -0.2) is 52.2 Å². The number of benzene rings is 1. The Balaban J connectivity index is 2.28. The highest BCUT2D eigenvalue weighted by Gasteiger charge is 2.24. The summed E-state index contributed by atoms with van der Waals surface area (Å²) >= 11 is 0. The minimum Gasteiger partial charge on any atom is -0.497 e. The number of rotatable bonds is 5. The molecule has 0 saturated carbocycles. The highest BCUT2D eigenvalue weighted by Crippen LogP contribution is 2.23. The maximum absolute atomic E-state index is 12.5. The SMILES string of the molecule is COc1cccc(-c2nc(C(=O)N(C)CC(C)(C)O)c(C)[nH]2)c1. The minimum atomic E-state index is -0.954.